The molecule has 9 heteroatoms. The van der Waals surface area contributed by atoms with E-state index in [1.54, 1.807) is 30.3 Å². The normalized spacial score (nSPS) is 12.9. The molecule has 0 bridgehead atoms. The van der Waals surface area contributed by atoms with E-state index < -0.39 is 0 Å². The quantitative estimate of drug-likeness (QED) is 0.486. The van der Waals surface area contributed by atoms with Crippen molar-refractivity contribution >= 4 is 57.6 Å². The van der Waals surface area contributed by atoms with E-state index >= 15 is 0 Å². The number of anilines is 1. The Morgan fingerprint density at radius 1 is 1.04 bits per heavy atom. The number of halogens is 3. The zero-order valence-corrected chi connectivity index (χ0v) is 15.2. The maximum Gasteiger partial charge on any atom is 0.257 e. The second kappa shape index (κ2) is 6.72. The lowest BCUT2D eigenvalue weighted by Gasteiger charge is -2.06. The van der Waals surface area contributed by atoms with Crippen molar-refractivity contribution < 1.29 is 9.47 Å². The Labute approximate surface area is 162 Å². The molecule has 0 atom stereocenters. The molecule has 132 valence electrons. The third-order valence-electron chi connectivity index (χ3n) is 3.75. The number of ether oxygens (including phenoxy) is 2. The standard InChI is InChI=1S/C17H10Cl3N3O3/c18-10-3-11(19)16(12(20)4-10)23-21-6-9-1-8-2-14-15(26-7-25-14)5-13(8)22-17(9)24/h1-6,23H,7H2,(H,22,24). The van der Waals surface area contributed by atoms with Gasteiger partial charge in [0, 0.05) is 16.5 Å². The minimum atomic E-state index is -0.296. The fourth-order valence-corrected chi connectivity index (χ4v) is 3.43. The molecule has 0 radical (unpaired) electrons. The van der Waals surface area contributed by atoms with E-state index in [1.165, 1.54) is 6.21 Å². The van der Waals surface area contributed by atoms with E-state index in [0.29, 0.717) is 43.3 Å². The highest BCUT2D eigenvalue weighted by Gasteiger charge is 2.15. The first-order valence-corrected chi connectivity index (χ1v) is 8.55. The van der Waals surface area contributed by atoms with Gasteiger partial charge in [0.2, 0.25) is 6.79 Å². The monoisotopic (exact) mass is 409 g/mol. The number of pyridine rings is 1. The van der Waals surface area contributed by atoms with Crippen LogP contribution in [0.1, 0.15) is 5.56 Å². The van der Waals surface area contributed by atoms with Gasteiger partial charge in [-0.3, -0.25) is 10.2 Å². The van der Waals surface area contributed by atoms with Crippen molar-refractivity contribution in [3.63, 3.8) is 0 Å². The van der Waals surface area contributed by atoms with Crippen molar-refractivity contribution in [1.29, 1.82) is 0 Å². The van der Waals surface area contributed by atoms with E-state index in [1.807, 2.05) is 0 Å². The number of hydrogen-bond acceptors (Lipinski definition) is 5. The van der Waals surface area contributed by atoms with Crippen molar-refractivity contribution in [3.8, 4) is 11.5 Å². The Morgan fingerprint density at radius 2 is 1.73 bits per heavy atom. The fraction of sp³-hybridized carbons (Fsp3) is 0.0588. The number of H-pyrrole nitrogens is 1. The van der Waals surface area contributed by atoms with Crippen LogP contribution in [0.15, 0.2) is 40.2 Å². The van der Waals surface area contributed by atoms with Crippen LogP contribution in [0.25, 0.3) is 10.9 Å². The summed E-state index contributed by atoms with van der Waals surface area (Å²) in [7, 11) is 0. The Kier molecular flexibility index (Phi) is 4.40. The van der Waals surface area contributed by atoms with Crippen LogP contribution in [0, 0.1) is 0 Å². The van der Waals surface area contributed by atoms with Gasteiger partial charge in [-0.2, -0.15) is 5.10 Å². The van der Waals surface area contributed by atoms with Gasteiger partial charge in [0.1, 0.15) is 0 Å². The van der Waals surface area contributed by atoms with Gasteiger partial charge in [-0.05, 0) is 24.3 Å². The average molecular weight is 411 g/mol. The molecule has 0 fully saturated rings. The van der Waals surface area contributed by atoms with Crippen LogP contribution in [0.2, 0.25) is 15.1 Å². The molecule has 2 N–H and O–H groups in total. The van der Waals surface area contributed by atoms with E-state index in [2.05, 4.69) is 15.5 Å². The molecule has 0 saturated heterocycles. The van der Waals surface area contributed by atoms with Crippen LogP contribution in [-0.2, 0) is 0 Å². The van der Waals surface area contributed by atoms with E-state index in [0.717, 1.165) is 5.39 Å². The van der Waals surface area contributed by atoms with Crippen LogP contribution in [0.5, 0.6) is 11.5 Å². The summed E-state index contributed by atoms with van der Waals surface area (Å²) in [4.78, 5) is 15.0. The Bertz CT molecular complexity index is 1090. The number of rotatable bonds is 3. The number of aromatic amines is 1. The Balaban J connectivity index is 1.65. The summed E-state index contributed by atoms with van der Waals surface area (Å²) >= 11 is 18.0. The molecule has 0 unspecified atom stereocenters. The maximum absolute atomic E-state index is 12.2. The largest absolute Gasteiger partial charge is 0.454 e. The summed E-state index contributed by atoms with van der Waals surface area (Å²) in [5.74, 6) is 1.23. The molecule has 1 aromatic heterocycles. The summed E-state index contributed by atoms with van der Waals surface area (Å²) in [6.07, 6.45) is 1.38. The zero-order valence-electron chi connectivity index (χ0n) is 13.0. The first-order chi connectivity index (χ1) is 12.5. The number of nitrogens with one attached hydrogen (secondary N) is 2. The topological polar surface area (TPSA) is 75.7 Å². The number of benzene rings is 2. The van der Waals surface area contributed by atoms with Crippen molar-refractivity contribution in [1.82, 2.24) is 4.98 Å². The highest BCUT2D eigenvalue weighted by atomic mass is 35.5. The van der Waals surface area contributed by atoms with Gasteiger partial charge in [-0.1, -0.05) is 34.8 Å². The molecule has 2 heterocycles. The number of hydrazone groups is 1. The SMILES string of the molecule is O=c1[nH]c2cc3c(cc2cc1C=NNc1c(Cl)cc(Cl)cc1Cl)OCO3. The molecular weight excluding hydrogens is 401 g/mol. The molecule has 4 rings (SSSR count). The van der Waals surface area contributed by atoms with E-state index in [4.69, 9.17) is 44.3 Å². The summed E-state index contributed by atoms with van der Waals surface area (Å²) in [5.41, 5.74) is 3.82. The van der Waals surface area contributed by atoms with E-state index in [-0.39, 0.29) is 12.4 Å². The molecule has 1 aliphatic rings. The molecule has 6 nitrogen and oxygen atoms in total. The highest BCUT2D eigenvalue weighted by Crippen LogP contribution is 2.35. The Morgan fingerprint density at radius 3 is 2.46 bits per heavy atom. The lowest BCUT2D eigenvalue weighted by atomic mass is 10.1. The molecule has 0 spiro atoms. The average Bonchev–Trinajstić information content (AvgIpc) is 3.02. The number of fused-ring (bicyclic) bond motifs is 2. The van der Waals surface area contributed by atoms with Gasteiger partial charge in [-0.15, -0.1) is 0 Å². The molecule has 0 aliphatic carbocycles. The lowest BCUT2D eigenvalue weighted by Crippen LogP contribution is -2.12. The van der Waals surface area contributed by atoms with Gasteiger partial charge in [0.05, 0.1) is 33.0 Å². The van der Waals surface area contributed by atoms with Crippen molar-refractivity contribution in [3.05, 3.63) is 61.3 Å². The predicted octanol–water partition coefficient (Wildman–Crippen LogP) is 4.66. The van der Waals surface area contributed by atoms with Crippen molar-refractivity contribution in [2.24, 2.45) is 5.10 Å². The summed E-state index contributed by atoms with van der Waals surface area (Å²) < 4.78 is 10.7. The summed E-state index contributed by atoms with van der Waals surface area (Å²) in [6.45, 7) is 0.163. The summed E-state index contributed by atoms with van der Waals surface area (Å²) in [5, 5.41) is 5.88. The second-order valence-corrected chi connectivity index (χ2v) is 6.71. The smallest absolute Gasteiger partial charge is 0.257 e. The Hall–Kier alpha value is -2.41. The first kappa shape index (κ1) is 17.0. The molecule has 0 saturated carbocycles. The maximum atomic E-state index is 12.2. The first-order valence-electron chi connectivity index (χ1n) is 7.41. The van der Waals surface area contributed by atoms with Gasteiger partial charge in [0.15, 0.2) is 11.5 Å². The van der Waals surface area contributed by atoms with Crippen LogP contribution >= 0.6 is 34.8 Å². The van der Waals surface area contributed by atoms with Crippen LogP contribution in [-0.4, -0.2) is 18.0 Å². The molecule has 26 heavy (non-hydrogen) atoms. The number of hydrogen-bond donors (Lipinski definition) is 2. The highest BCUT2D eigenvalue weighted by molar-refractivity contribution is 6.41. The molecule has 0 amide bonds. The number of aromatic nitrogens is 1. The lowest BCUT2D eigenvalue weighted by molar-refractivity contribution is 0.174. The van der Waals surface area contributed by atoms with Crippen molar-refractivity contribution in [2.45, 2.75) is 0 Å². The third-order valence-corrected chi connectivity index (χ3v) is 4.57. The second-order valence-electron chi connectivity index (χ2n) is 5.46. The van der Waals surface area contributed by atoms with E-state index in [9.17, 15) is 4.79 Å². The molecule has 2 aromatic carbocycles. The van der Waals surface area contributed by atoms with Gasteiger partial charge < -0.3 is 14.5 Å². The van der Waals surface area contributed by atoms with Crippen LogP contribution < -0.4 is 20.5 Å². The van der Waals surface area contributed by atoms with Gasteiger partial charge >= 0.3 is 0 Å². The molecular formula is C17H10Cl3N3O3. The molecule has 3 aromatic rings. The molecule has 1 aliphatic heterocycles. The predicted molar refractivity (Wildman–Crippen MR) is 103 cm³/mol. The van der Waals surface area contributed by atoms with Crippen LogP contribution in [0.4, 0.5) is 5.69 Å². The third kappa shape index (κ3) is 3.19. The van der Waals surface area contributed by atoms with Crippen LogP contribution in [0.3, 0.4) is 0 Å². The summed E-state index contributed by atoms with van der Waals surface area (Å²) in [6, 6.07) is 8.31. The number of nitrogens with zero attached hydrogens (tertiary/aromatic N) is 1. The van der Waals surface area contributed by atoms with Gasteiger partial charge in [0.25, 0.3) is 5.56 Å². The minimum absolute atomic E-state index is 0.163. The van der Waals surface area contributed by atoms with Gasteiger partial charge in [-0.25, -0.2) is 0 Å². The zero-order chi connectivity index (χ0) is 18.3. The minimum Gasteiger partial charge on any atom is -0.454 e. The fourth-order valence-electron chi connectivity index (χ4n) is 2.52. The van der Waals surface area contributed by atoms with Crippen molar-refractivity contribution in [2.75, 3.05) is 12.2 Å².